The number of carbonyl (C=O) groups excluding carboxylic acids is 1. The summed E-state index contributed by atoms with van der Waals surface area (Å²) >= 11 is 0. The van der Waals surface area contributed by atoms with Crippen LogP contribution >= 0.6 is 0 Å². The summed E-state index contributed by atoms with van der Waals surface area (Å²) in [6.45, 7) is 1.61. The van der Waals surface area contributed by atoms with Crippen LogP contribution in [0.3, 0.4) is 0 Å². The van der Waals surface area contributed by atoms with E-state index in [1.165, 1.54) is 0 Å². The molecule has 5 heteroatoms. The molecule has 0 saturated carbocycles. The quantitative estimate of drug-likeness (QED) is 0.875. The molecule has 1 aromatic rings. The summed E-state index contributed by atoms with van der Waals surface area (Å²) in [5.41, 5.74) is 1.62. The van der Waals surface area contributed by atoms with E-state index in [1.54, 1.807) is 0 Å². The van der Waals surface area contributed by atoms with E-state index in [2.05, 4.69) is 10.5 Å². The van der Waals surface area contributed by atoms with Gasteiger partial charge in [-0.15, -0.1) is 0 Å². The van der Waals surface area contributed by atoms with E-state index in [1.807, 2.05) is 11.9 Å². The van der Waals surface area contributed by atoms with Crippen LogP contribution in [-0.4, -0.2) is 42.1 Å². The fraction of sp³-hybridized carbons (Fsp3) is 0.714. The van der Waals surface area contributed by atoms with E-state index in [4.69, 9.17) is 4.52 Å². The van der Waals surface area contributed by atoms with Crippen LogP contribution in [0.5, 0.6) is 0 Å². The van der Waals surface area contributed by atoms with Gasteiger partial charge in [0.2, 0.25) is 0 Å². The Bertz CT molecular complexity index is 469. The Morgan fingerprint density at radius 2 is 2.21 bits per heavy atom. The summed E-state index contributed by atoms with van der Waals surface area (Å²) in [4.78, 5) is 14.5. The normalized spacial score (nSPS) is 23.2. The number of carbonyl (C=O) groups is 1. The number of nitrogens with one attached hydrogen (secondary N) is 1. The standard InChI is InChI=1S/C14H21N3O2/c1-15-10-5-4-8-17(9-10)14(18)13-11-6-2-3-7-12(11)19-16-13/h10,15H,2-9H2,1H3. The lowest BCUT2D eigenvalue weighted by Crippen LogP contribution is -2.47. The summed E-state index contributed by atoms with van der Waals surface area (Å²) in [7, 11) is 1.95. The first-order chi connectivity index (χ1) is 9.29. The molecular weight excluding hydrogens is 242 g/mol. The lowest BCUT2D eigenvalue weighted by molar-refractivity contribution is 0.0686. The average Bonchev–Trinajstić information content (AvgIpc) is 2.90. The smallest absolute Gasteiger partial charge is 0.276 e. The minimum atomic E-state index is 0.0480. The molecule has 0 radical (unpaired) electrons. The summed E-state index contributed by atoms with van der Waals surface area (Å²) < 4.78 is 5.34. The predicted octanol–water partition coefficient (Wildman–Crippen LogP) is 1.38. The Balaban J connectivity index is 1.78. The van der Waals surface area contributed by atoms with E-state index in [0.717, 1.165) is 62.9 Å². The third kappa shape index (κ3) is 2.39. The van der Waals surface area contributed by atoms with Crippen LogP contribution in [0.4, 0.5) is 0 Å². The van der Waals surface area contributed by atoms with Crippen molar-refractivity contribution in [1.29, 1.82) is 0 Å². The number of aromatic nitrogens is 1. The Labute approximate surface area is 113 Å². The highest BCUT2D eigenvalue weighted by atomic mass is 16.5. The molecule has 19 heavy (non-hydrogen) atoms. The van der Waals surface area contributed by atoms with E-state index in [0.29, 0.717) is 11.7 Å². The molecule has 1 aromatic heterocycles. The van der Waals surface area contributed by atoms with Gasteiger partial charge in [0, 0.05) is 31.1 Å². The van der Waals surface area contributed by atoms with Gasteiger partial charge in [0.25, 0.3) is 5.91 Å². The molecule has 2 aliphatic rings. The summed E-state index contributed by atoms with van der Waals surface area (Å²) in [5, 5.41) is 7.30. The first-order valence-corrected chi connectivity index (χ1v) is 7.23. The van der Waals surface area contributed by atoms with Crippen LogP contribution < -0.4 is 5.32 Å². The Morgan fingerprint density at radius 3 is 3.05 bits per heavy atom. The highest BCUT2D eigenvalue weighted by Gasteiger charge is 2.29. The van der Waals surface area contributed by atoms with Crippen molar-refractivity contribution in [2.45, 2.75) is 44.6 Å². The van der Waals surface area contributed by atoms with Crippen molar-refractivity contribution in [2.75, 3.05) is 20.1 Å². The molecule has 0 aromatic carbocycles. The molecule has 1 atom stereocenters. The molecule has 1 unspecified atom stereocenters. The number of rotatable bonds is 2. The second kappa shape index (κ2) is 5.33. The molecule has 1 N–H and O–H groups in total. The topological polar surface area (TPSA) is 58.4 Å². The summed E-state index contributed by atoms with van der Waals surface area (Å²) in [5.74, 6) is 0.976. The molecule has 0 bridgehead atoms. The van der Waals surface area contributed by atoms with Crippen molar-refractivity contribution in [3.05, 3.63) is 17.0 Å². The first kappa shape index (κ1) is 12.7. The van der Waals surface area contributed by atoms with Gasteiger partial charge in [0.15, 0.2) is 5.69 Å². The van der Waals surface area contributed by atoms with Crippen LogP contribution in [-0.2, 0) is 12.8 Å². The Kier molecular flexibility index (Phi) is 3.55. The maximum absolute atomic E-state index is 12.6. The molecule has 5 nitrogen and oxygen atoms in total. The van der Waals surface area contributed by atoms with Gasteiger partial charge in [-0.3, -0.25) is 4.79 Å². The second-order valence-electron chi connectivity index (χ2n) is 5.52. The molecule has 0 spiro atoms. The molecular formula is C14H21N3O2. The molecule has 2 heterocycles. The van der Waals surface area contributed by atoms with E-state index in [-0.39, 0.29) is 5.91 Å². The highest BCUT2D eigenvalue weighted by molar-refractivity contribution is 5.94. The van der Waals surface area contributed by atoms with Crippen LogP contribution in [0.15, 0.2) is 4.52 Å². The zero-order chi connectivity index (χ0) is 13.2. The van der Waals surface area contributed by atoms with Crippen molar-refractivity contribution in [2.24, 2.45) is 0 Å². The second-order valence-corrected chi connectivity index (χ2v) is 5.52. The van der Waals surface area contributed by atoms with Gasteiger partial charge in [0.1, 0.15) is 5.76 Å². The lowest BCUT2D eigenvalue weighted by atomic mass is 9.95. The minimum Gasteiger partial charge on any atom is -0.360 e. The van der Waals surface area contributed by atoms with Crippen molar-refractivity contribution in [3.8, 4) is 0 Å². The molecule has 1 aliphatic carbocycles. The van der Waals surface area contributed by atoms with Gasteiger partial charge < -0.3 is 14.7 Å². The van der Waals surface area contributed by atoms with E-state index < -0.39 is 0 Å². The molecule has 1 saturated heterocycles. The number of hydrogen-bond acceptors (Lipinski definition) is 4. The molecule has 3 rings (SSSR count). The Morgan fingerprint density at radius 1 is 1.37 bits per heavy atom. The van der Waals surface area contributed by atoms with Gasteiger partial charge in [-0.25, -0.2) is 0 Å². The first-order valence-electron chi connectivity index (χ1n) is 7.23. The molecule has 1 fully saturated rings. The van der Waals surface area contributed by atoms with Crippen molar-refractivity contribution >= 4 is 5.91 Å². The zero-order valence-electron chi connectivity index (χ0n) is 11.4. The van der Waals surface area contributed by atoms with Crippen LogP contribution in [0, 0.1) is 0 Å². The summed E-state index contributed by atoms with van der Waals surface area (Å²) in [6.07, 6.45) is 6.32. The number of amides is 1. The zero-order valence-corrected chi connectivity index (χ0v) is 11.4. The van der Waals surface area contributed by atoms with E-state index >= 15 is 0 Å². The number of hydrogen-bond donors (Lipinski definition) is 1. The molecule has 1 amide bonds. The molecule has 104 valence electrons. The largest absolute Gasteiger partial charge is 0.360 e. The number of nitrogens with zero attached hydrogens (tertiary/aromatic N) is 2. The maximum atomic E-state index is 12.6. The fourth-order valence-corrected chi connectivity index (χ4v) is 3.10. The van der Waals surface area contributed by atoms with Gasteiger partial charge in [0.05, 0.1) is 0 Å². The number of likely N-dealkylation sites (tertiary alicyclic amines) is 1. The van der Waals surface area contributed by atoms with Crippen LogP contribution in [0.1, 0.15) is 47.5 Å². The number of fused-ring (bicyclic) bond motifs is 1. The van der Waals surface area contributed by atoms with Gasteiger partial charge >= 0.3 is 0 Å². The summed E-state index contributed by atoms with van der Waals surface area (Å²) in [6, 6.07) is 0.403. The van der Waals surface area contributed by atoms with E-state index in [9.17, 15) is 4.79 Å². The minimum absolute atomic E-state index is 0.0480. The monoisotopic (exact) mass is 263 g/mol. The van der Waals surface area contributed by atoms with Crippen molar-refractivity contribution in [1.82, 2.24) is 15.4 Å². The number of aryl methyl sites for hydroxylation is 1. The predicted molar refractivity (Wildman–Crippen MR) is 71.1 cm³/mol. The molecule has 1 aliphatic heterocycles. The van der Waals surface area contributed by atoms with Gasteiger partial charge in [-0.2, -0.15) is 0 Å². The van der Waals surface area contributed by atoms with Gasteiger partial charge in [-0.05, 0) is 39.2 Å². The number of likely N-dealkylation sites (N-methyl/N-ethyl adjacent to an activating group) is 1. The maximum Gasteiger partial charge on any atom is 0.276 e. The van der Waals surface area contributed by atoms with Crippen molar-refractivity contribution < 1.29 is 9.32 Å². The highest BCUT2D eigenvalue weighted by Crippen LogP contribution is 2.25. The average molecular weight is 263 g/mol. The SMILES string of the molecule is CNC1CCCN(C(=O)c2noc3c2CCCC3)C1. The Hall–Kier alpha value is -1.36. The fourth-order valence-electron chi connectivity index (χ4n) is 3.10. The third-order valence-electron chi connectivity index (χ3n) is 4.27. The van der Waals surface area contributed by atoms with Crippen molar-refractivity contribution in [3.63, 3.8) is 0 Å². The lowest BCUT2D eigenvalue weighted by Gasteiger charge is -2.32. The van der Waals surface area contributed by atoms with Crippen LogP contribution in [0.2, 0.25) is 0 Å². The van der Waals surface area contributed by atoms with Gasteiger partial charge in [-0.1, -0.05) is 5.16 Å². The van der Waals surface area contributed by atoms with Crippen LogP contribution in [0.25, 0.3) is 0 Å². The third-order valence-corrected chi connectivity index (χ3v) is 4.27. The number of piperidine rings is 1.